The molecule has 2 N–H and O–H groups in total. The van der Waals surface area contributed by atoms with Gasteiger partial charge in [-0.3, -0.25) is 0 Å². The van der Waals surface area contributed by atoms with Crippen LogP contribution in [0.15, 0.2) is 18.6 Å². The number of aromatic nitrogens is 3. The lowest BCUT2D eigenvalue weighted by Gasteiger charge is -2.21. The number of alkyl carbamates (subject to hydrolysis) is 1. The maximum atomic E-state index is 11.8. The fourth-order valence-electron chi connectivity index (χ4n) is 3.11. The predicted octanol–water partition coefficient (Wildman–Crippen LogP) is 2.55. The summed E-state index contributed by atoms with van der Waals surface area (Å²) in [5, 5.41) is 3.92. The summed E-state index contributed by atoms with van der Waals surface area (Å²) in [5.74, 6) is 1.78. The van der Waals surface area contributed by atoms with Gasteiger partial charge in [0, 0.05) is 25.8 Å². The van der Waals surface area contributed by atoms with E-state index in [4.69, 9.17) is 4.74 Å². The summed E-state index contributed by atoms with van der Waals surface area (Å²) in [6, 6.07) is 2.00. The van der Waals surface area contributed by atoms with Crippen molar-refractivity contribution in [3.8, 4) is 0 Å². The van der Waals surface area contributed by atoms with E-state index in [2.05, 4.69) is 32.1 Å². The third-order valence-corrected chi connectivity index (χ3v) is 4.31. The second-order valence-electron chi connectivity index (χ2n) is 7.46. The molecule has 2 atom stereocenters. The second kappa shape index (κ2) is 6.30. The predicted molar refractivity (Wildman–Crippen MR) is 93.0 cm³/mol. The highest BCUT2D eigenvalue weighted by Crippen LogP contribution is 2.30. The molecule has 2 unspecified atom stereocenters. The summed E-state index contributed by atoms with van der Waals surface area (Å²) in [4.78, 5) is 25.9. The molecule has 0 saturated carbocycles. The Labute approximate surface area is 141 Å². The first-order valence-corrected chi connectivity index (χ1v) is 8.33. The van der Waals surface area contributed by atoms with E-state index >= 15 is 0 Å². The van der Waals surface area contributed by atoms with Crippen LogP contribution in [0.4, 0.5) is 10.6 Å². The molecule has 0 bridgehead atoms. The molecule has 1 aliphatic heterocycles. The van der Waals surface area contributed by atoms with Crippen molar-refractivity contribution in [3.63, 3.8) is 0 Å². The fourth-order valence-corrected chi connectivity index (χ4v) is 3.11. The number of aromatic amines is 1. The Morgan fingerprint density at radius 2 is 2.21 bits per heavy atom. The normalized spacial score (nSPS) is 21.2. The summed E-state index contributed by atoms with van der Waals surface area (Å²) in [7, 11) is 0. The van der Waals surface area contributed by atoms with Crippen molar-refractivity contribution in [2.45, 2.75) is 33.3 Å². The summed E-state index contributed by atoms with van der Waals surface area (Å²) in [6.45, 7) is 10.2. The average Bonchev–Trinajstić information content (AvgIpc) is 3.09. The van der Waals surface area contributed by atoms with Crippen molar-refractivity contribution >= 4 is 22.9 Å². The quantitative estimate of drug-likeness (QED) is 0.903. The minimum absolute atomic E-state index is 0.358. The summed E-state index contributed by atoms with van der Waals surface area (Å²) >= 11 is 0. The Bertz CT molecular complexity index is 721. The first-order chi connectivity index (χ1) is 11.3. The molecule has 0 radical (unpaired) electrons. The van der Waals surface area contributed by atoms with Gasteiger partial charge in [-0.05, 0) is 38.7 Å². The molecule has 24 heavy (non-hydrogen) atoms. The lowest BCUT2D eigenvalue weighted by atomic mass is 9.98. The maximum absolute atomic E-state index is 11.8. The molecule has 3 heterocycles. The Balaban J connectivity index is 1.63. The number of nitrogens with zero attached hydrogens (tertiary/aromatic N) is 3. The monoisotopic (exact) mass is 331 g/mol. The van der Waals surface area contributed by atoms with Gasteiger partial charge in [0.1, 0.15) is 23.4 Å². The molecule has 1 saturated heterocycles. The zero-order chi connectivity index (χ0) is 17.3. The smallest absolute Gasteiger partial charge is 0.407 e. The van der Waals surface area contributed by atoms with Crippen LogP contribution in [0.2, 0.25) is 0 Å². The van der Waals surface area contributed by atoms with Gasteiger partial charge in [0.05, 0.1) is 5.39 Å². The zero-order valence-corrected chi connectivity index (χ0v) is 14.7. The van der Waals surface area contributed by atoms with Crippen LogP contribution in [0.1, 0.15) is 27.7 Å². The van der Waals surface area contributed by atoms with Crippen LogP contribution in [0, 0.1) is 11.8 Å². The lowest BCUT2D eigenvalue weighted by Crippen LogP contribution is -2.36. The summed E-state index contributed by atoms with van der Waals surface area (Å²) < 4.78 is 5.30. The number of nitrogens with one attached hydrogen (secondary N) is 2. The van der Waals surface area contributed by atoms with E-state index in [-0.39, 0.29) is 6.09 Å². The van der Waals surface area contributed by atoms with Crippen LogP contribution in [0.5, 0.6) is 0 Å². The van der Waals surface area contributed by atoms with Crippen molar-refractivity contribution in [3.05, 3.63) is 18.6 Å². The molecule has 1 amide bonds. The molecule has 2 aromatic heterocycles. The van der Waals surface area contributed by atoms with E-state index < -0.39 is 5.60 Å². The lowest BCUT2D eigenvalue weighted by molar-refractivity contribution is 0.0518. The van der Waals surface area contributed by atoms with Crippen LogP contribution < -0.4 is 10.2 Å². The van der Waals surface area contributed by atoms with Crippen LogP contribution in [-0.2, 0) is 4.74 Å². The van der Waals surface area contributed by atoms with E-state index in [0.29, 0.717) is 18.4 Å². The van der Waals surface area contributed by atoms with Crippen molar-refractivity contribution in [1.29, 1.82) is 0 Å². The van der Waals surface area contributed by atoms with E-state index in [1.54, 1.807) is 6.33 Å². The minimum atomic E-state index is -0.474. The average molecular weight is 331 g/mol. The number of fused-ring (bicyclic) bond motifs is 1. The van der Waals surface area contributed by atoms with Gasteiger partial charge >= 0.3 is 6.09 Å². The van der Waals surface area contributed by atoms with Gasteiger partial charge in [-0.1, -0.05) is 6.92 Å². The largest absolute Gasteiger partial charge is 0.444 e. The SMILES string of the molecule is CC1CN(c2ncnc3[nH]ccc23)CC1CNC(=O)OC(C)(C)C. The number of anilines is 1. The highest BCUT2D eigenvalue weighted by atomic mass is 16.6. The molecule has 1 aliphatic rings. The van der Waals surface area contributed by atoms with Gasteiger partial charge in [-0.15, -0.1) is 0 Å². The van der Waals surface area contributed by atoms with Crippen molar-refractivity contribution in [1.82, 2.24) is 20.3 Å². The maximum Gasteiger partial charge on any atom is 0.407 e. The van der Waals surface area contributed by atoms with Gasteiger partial charge in [0.25, 0.3) is 0 Å². The van der Waals surface area contributed by atoms with Gasteiger partial charge in [-0.2, -0.15) is 0 Å². The standard InChI is InChI=1S/C17H25N5O2/c1-11-8-22(15-13-5-6-18-14(13)20-10-21-15)9-12(11)7-19-16(23)24-17(2,3)4/h5-6,10-12H,7-9H2,1-4H3,(H,19,23)(H,18,20,21). The topological polar surface area (TPSA) is 83.1 Å². The molecule has 0 aliphatic carbocycles. The number of carbonyl (C=O) groups is 1. The number of carbonyl (C=O) groups excluding carboxylic acids is 1. The Hall–Kier alpha value is -2.31. The molecule has 0 spiro atoms. The van der Waals surface area contributed by atoms with E-state index in [9.17, 15) is 4.79 Å². The van der Waals surface area contributed by atoms with Gasteiger partial charge in [0.15, 0.2) is 0 Å². The number of rotatable bonds is 3. The van der Waals surface area contributed by atoms with E-state index in [1.807, 2.05) is 33.0 Å². The molecule has 2 aromatic rings. The number of hydrogen-bond donors (Lipinski definition) is 2. The zero-order valence-electron chi connectivity index (χ0n) is 14.7. The number of hydrogen-bond acceptors (Lipinski definition) is 5. The molecule has 0 aromatic carbocycles. The number of H-pyrrole nitrogens is 1. The van der Waals surface area contributed by atoms with Gasteiger partial charge < -0.3 is 19.9 Å². The molecule has 7 heteroatoms. The van der Waals surface area contributed by atoms with E-state index in [1.165, 1.54) is 0 Å². The molecule has 1 fully saturated rings. The number of ether oxygens (including phenoxy) is 1. The van der Waals surface area contributed by atoms with Crippen LogP contribution in [0.3, 0.4) is 0 Å². The first-order valence-electron chi connectivity index (χ1n) is 8.33. The third kappa shape index (κ3) is 3.60. The Kier molecular flexibility index (Phi) is 4.34. The Morgan fingerprint density at radius 1 is 1.42 bits per heavy atom. The van der Waals surface area contributed by atoms with Crippen molar-refractivity contribution in [2.75, 3.05) is 24.5 Å². The molecular weight excluding hydrogens is 306 g/mol. The van der Waals surface area contributed by atoms with Crippen LogP contribution in [-0.4, -0.2) is 46.3 Å². The van der Waals surface area contributed by atoms with Crippen LogP contribution >= 0.6 is 0 Å². The van der Waals surface area contributed by atoms with E-state index in [0.717, 1.165) is 29.9 Å². The van der Waals surface area contributed by atoms with Crippen molar-refractivity contribution < 1.29 is 9.53 Å². The summed E-state index contributed by atoms with van der Waals surface area (Å²) in [6.07, 6.45) is 3.11. The van der Waals surface area contributed by atoms with Gasteiger partial charge in [0.2, 0.25) is 0 Å². The number of amides is 1. The second-order valence-corrected chi connectivity index (χ2v) is 7.46. The third-order valence-electron chi connectivity index (χ3n) is 4.31. The minimum Gasteiger partial charge on any atom is -0.444 e. The van der Waals surface area contributed by atoms with Crippen molar-refractivity contribution in [2.24, 2.45) is 11.8 Å². The molecule has 3 rings (SSSR count). The molecular formula is C17H25N5O2. The fraction of sp³-hybridized carbons (Fsp3) is 0.588. The Morgan fingerprint density at radius 3 is 2.96 bits per heavy atom. The highest BCUT2D eigenvalue weighted by molar-refractivity contribution is 5.87. The summed E-state index contributed by atoms with van der Waals surface area (Å²) in [5.41, 5.74) is 0.376. The van der Waals surface area contributed by atoms with Gasteiger partial charge in [-0.25, -0.2) is 14.8 Å². The van der Waals surface area contributed by atoms with Crippen LogP contribution in [0.25, 0.3) is 11.0 Å². The molecule has 7 nitrogen and oxygen atoms in total. The molecule has 130 valence electrons. The first kappa shape index (κ1) is 16.5. The highest BCUT2D eigenvalue weighted by Gasteiger charge is 2.32.